The Bertz CT molecular complexity index is 706. The maximum atomic E-state index is 14.1. The van der Waals surface area contributed by atoms with Crippen LogP contribution in [0, 0.1) is 11.7 Å². The van der Waals surface area contributed by atoms with Gasteiger partial charge in [-0.1, -0.05) is 62.6 Å². The van der Waals surface area contributed by atoms with Gasteiger partial charge in [-0.3, -0.25) is 0 Å². The summed E-state index contributed by atoms with van der Waals surface area (Å²) in [6, 6.07) is 13.2. The smallest absolute Gasteiger partial charge is 0.183 e. The molecule has 2 aromatic carbocycles. The van der Waals surface area contributed by atoms with Crippen molar-refractivity contribution in [1.82, 2.24) is 0 Å². The SMILES string of the molecule is CCCCCC1COC(c2ccc(-c3ccc(COC)c(F)c3)cc2)OC1. The van der Waals surface area contributed by atoms with E-state index in [9.17, 15) is 4.39 Å². The predicted octanol–water partition coefficient (Wildman–Crippen LogP) is 5.88. The lowest BCUT2D eigenvalue weighted by Crippen LogP contribution is -2.27. The van der Waals surface area contributed by atoms with Gasteiger partial charge in [-0.2, -0.15) is 0 Å². The van der Waals surface area contributed by atoms with Gasteiger partial charge in [0.15, 0.2) is 6.29 Å². The van der Waals surface area contributed by atoms with Crippen LogP contribution in [0.3, 0.4) is 0 Å². The highest BCUT2D eigenvalue weighted by atomic mass is 19.1. The lowest BCUT2D eigenvalue weighted by Gasteiger charge is -2.29. The lowest BCUT2D eigenvalue weighted by molar-refractivity contribution is -0.206. The molecule has 4 heteroatoms. The molecular formula is C23H29FO3. The Morgan fingerprint density at radius 2 is 1.70 bits per heavy atom. The Balaban J connectivity index is 1.59. The third kappa shape index (κ3) is 5.38. The van der Waals surface area contributed by atoms with E-state index in [4.69, 9.17) is 14.2 Å². The molecule has 0 radical (unpaired) electrons. The Morgan fingerprint density at radius 3 is 2.33 bits per heavy atom. The van der Waals surface area contributed by atoms with Crippen molar-refractivity contribution in [3.8, 4) is 11.1 Å². The molecule has 27 heavy (non-hydrogen) atoms. The molecule has 0 N–H and O–H groups in total. The fourth-order valence-corrected chi connectivity index (χ4v) is 3.42. The quantitative estimate of drug-likeness (QED) is 0.542. The Hall–Kier alpha value is -1.75. The van der Waals surface area contributed by atoms with Crippen molar-refractivity contribution < 1.29 is 18.6 Å². The van der Waals surface area contributed by atoms with Crippen LogP contribution in [0.4, 0.5) is 4.39 Å². The van der Waals surface area contributed by atoms with Gasteiger partial charge in [-0.15, -0.1) is 0 Å². The number of benzene rings is 2. The molecule has 1 aliphatic rings. The first-order chi connectivity index (χ1) is 13.2. The van der Waals surface area contributed by atoms with E-state index in [2.05, 4.69) is 6.92 Å². The fourth-order valence-electron chi connectivity index (χ4n) is 3.42. The molecule has 2 aromatic rings. The van der Waals surface area contributed by atoms with Gasteiger partial charge in [0.1, 0.15) is 5.82 Å². The molecule has 0 aliphatic carbocycles. The van der Waals surface area contributed by atoms with Crippen LogP contribution in [0.2, 0.25) is 0 Å². The monoisotopic (exact) mass is 372 g/mol. The lowest BCUT2D eigenvalue weighted by atomic mass is 10.0. The summed E-state index contributed by atoms with van der Waals surface area (Å²) in [5, 5.41) is 0. The Labute approximate surface area is 161 Å². The maximum absolute atomic E-state index is 14.1. The van der Waals surface area contributed by atoms with Gasteiger partial charge in [-0.25, -0.2) is 4.39 Å². The normalized spacial score (nSPS) is 20.0. The molecule has 0 aromatic heterocycles. The van der Waals surface area contributed by atoms with E-state index in [1.807, 2.05) is 30.3 Å². The van der Waals surface area contributed by atoms with Gasteiger partial charge >= 0.3 is 0 Å². The molecule has 0 spiro atoms. The molecule has 1 heterocycles. The van der Waals surface area contributed by atoms with Gasteiger partial charge in [0.05, 0.1) is 19.8 Å². The van der Waals surface area contributed by atoms with Crippen LogP contribution < -0.4 is 0 Å². The number of hydrogen-bond acceptors (Lipinski definition) is 3. The number of halogens is 1. The van der Waals surface area contributed by atoms with Crippen LogP contribution in [0.15, 0.2) is 42.5 Å². The van der Waals surface area contributed by atoms with E-state index in [1.54, 1.807) is 19.2 Å². The fraction of sp³-hybridized carbons (Fsp3) is 0.478. The van der Waals surface area contributed by atoms with E-state index in [-0.39, 0.29) is 18.7 Å². The standard InChI is InChI=1S/C23H29FO3/c1-3-4-5-6-17-14-26-23(27-15-17)19-9-7-18(8-10-19)20-11-12-21(16-25-2)22(24)13-20/h7-13,17,23H,3-6,14-16H2,1-2H3. The first-order valence-electron chi connectivity index (χ1n) is 9.82. The van der Waals surface area contributed by atoms with Crippen LogP contribution in [0.5, 0.6) is 0 Å². The molecule has 146 valence electrons. The third-order valence-electron chi connectivity index (χ3n) is 5.05. The second kappa shape index (κ2) is 9.98. The Kier molecular flexibility index (Phi) is 7.39. The molecule has 0 atom stereocenters. The van der Waals surface area contributed by atoms with Crippen molar-refractivity contribution in [3.63, 3.8) is 0 Å². The average Bonchev–Trinajstić information content (AvgIpc) is 2.71. The van der Waals surface area contributed by atoms with Gasteiger partial charge in [0, 0.05) is 24.2 Å². The molecule has 3 rings (SSSR count). The van der Waals surface area contributed by atoms with Crippen molar-refractivity contribution in [2.24, 2.45) is 5.92 Å². The van der Waals surface area contributed by atoms with Crippen LogP contribution >= 0.6 is 0 Å². The van der Waals surface area contributed by atoms with E-state index in [0.29, 0.717) is 11.5 Å². The first-order valence-corrected chi connectivity index (χ1v) is 9.82. The highest BCUT2D eigenvalue weighted by Crippen LogP contribution is 2.29. The maximum Gasteiger partial charge on any atom is 0.183 e. The van der Waals surface area contributed by atoms with Crippen molar-refractivity contribution in [3.05, 3.63) is 59.4 Å². The average molecular weight is 372 g/mol. The summed E-state index contributed by atoms with van der Waals surface area (Å²) < 4.78 is 31.0. The van der Waals surface area contributed by atoms with Crippen LogP contribution in [0.25, 0.3) is 11.1 Å². The number of unbranched alkanes of at least 4 members (excludes halogenated alkanes) is 2. The summed E-state index contributed by atoms with van der Waals surface area (Å²) in [7, 11) is 1.56. The summed E-state index contributed by atoms with van der Waals surface area (Å²) >= 11 is 0. The van der Waals surface area contributed by atoms with E-state index in [1.165, 1.54) is 25.7 Å². The molecule has 0 unspecified atom stereocenters. The Morgan fingerprint density at radius 1 is 1.00 bits per heavy atom. The molecule has 3 nitrogen and oxygen atoms in total. The van der Waals surface area contributed by atoms with Crippen molar-refractivity contribution in [2.75, 3.05) is 20.3 Å². The zero-order valence-corrected chi connectivity index (χ0v) is 16.2. The minimum absolute atomic E-state index is 0.244. The molecular weight excluding hydrogens is 343 g/mol. The van der Waals surface area contributed by atoms with Gasteiger partial charge in [0.25, 0.3) is 0 Å². The largest absolute Gasteiger partial charge is 0.380 e. The number of rotatable bonds is 8. The van der Waals surface area contributed by atoms with Crippen LogP contribution in [-0.2, 0) is 20.8 Å². The molecule has 1 fully saturated rings. The number of methoxy groups -OCH3 is 1. The molecule has 0 bridgehead atoms. The first kappa shape index (κ1) is 20.0. The van der Waals surface area contributed by atoms with E-state index < -0.39 is 0 Å². The zero-order valence-electron chi connectivity index (χ0n) is 16.2. The van der Waals surface area contributed by atoms with Gasteiger partial charge in [-0.05, 0) is 23.6 Å². The van der Waals surface area contributed by atoms with Crippen molar-refractivity contribution in [1.29, 1.82) is 0 Å². The van der Waals surface area contributed by atoms with Gasteiger partial charge < -0.3 is 14.2 Å². The van der Waals surface area contributed by atoms with Gasteiger partial charge in [0.2, 0.25) is 0 Å². The van der Waals surface area contributed by atoms with Crippen LogP contribution in [0.1, 0.15) is 50.0 Å². The van der Waals surface area contributed by atoms with E-state index >= 15 is 0 Å². The molecule has 0 saturated carbocycles. The number of ether oxygens (including phenoxy) is 3. The highest BCUT2D eigenvalue weighted by Gasteiger charge is 2.23. The van der Waals surface area contributed by atoms with Crippen molar-refractivity contribution in [2.45, 2.75) is 45.5 Å². The zero-order chi connectivity index (χ0) is 19.1. The minimum atomic E-state index is -0.303. The highest BCUT2D eigenvalue weighted by molar-refractivity contribution is 5.64. The summed E-state index contributed by atoms with van der Waals surface area (Å²) in [4.78, 5) is 0. The van der Waals surface area contributed by atoms with E-state index in [0.717, 1.165) is 29.9 Å². The summed E-state index contributed by atoms with van der Waals surface area (Å²) in [5.41, 5.74) is 3.38. The summed E-state index contributed by atoms with van der Waals surface area (Å²) in [6.45, 7) is 4.00. The minimum Gasteiger partial charge on any atom is -0.380 e. The third-order valence-corrected chi connectivity index (χ3v) is 5.05. The number of hydrogen-bond donors (Lipinski definition) is 0. The molecule has 0 amide bonds. The molecule has 1 saturated heterocycles. The predicted molar refractivity (Wildman–Crippen MR) is 105 cm³/mol. The second-order valence-corrected chi connectivity index (χ2v) is 7.22. The topological polar surface area (TPSA) is 27.7 Å². The van der Waals surface area contributed by atoms with Crippen molar-refractivity contribution >= 4 is 0 Å². The summed E-state index contributed by atoms with van der Waals surface area (Å²) in [6.07, 6.45) is 4.62. The summed E-state index contributed by atoms with van der Waals surface area (Å²) in [5.74, 6) is 0.257. The second-order valence-electron chi connectivity index (χ2n) is 7.22. The molecule has 1 aliphatic heterocycles. The van der Waals surface area contributed by atoms with Crippen LogP contribution in [-0.4, -0.2) is 20.3 Å².